The van der Waals surface area contributed by atoms with Crippen LogP contribution in [0.2, 0.25) is 5.02 Å². The Morgan fingerprint density at radius 1 is 1.22 bits per heavy atom. The molecule has 0 saturated heterocycles. The molecule has 0 radical (unpaired) electrons. The fraction of sp³-hybridized carbons (Fsp3) is 0.143. The van der Waals surface area contributed by atoms with Crippen molar-refractivity contribution in [3.05, 3.63) is 67.5 Å². The van der Waals surface area contributed by atoms with Crippen LogP contribution in [0.5, 0.6) is 0 Å². The van der Waals surface area contributed by atoms with Gasteiger partial charge in [0.05, 0.1) is 6.04 Å². The van der Waals surface area contributed by atoms with E-state index < -0.39 is 6.04 Å². The quantitative estimate of drug-likeness (QED) is 0.772. The van der Waals surface area contributed by atoms with Crippen LogP contribution in [0.15, 0.2) is 36.4 Å². The van der Waals surface area contributed by atoms with Gasteiger partial charge < -0.3 is 5.73 Å². The van der Waals surface area contributed by atoms with E-state index in [1.807, 2.05) is 25.1 Å². The number of nitrogens with two attached hydrogens (primary N) is 1. The largest absolute Gasteiger partial charge is 0.320 e. The average Bonchev–Trinajstić information content (AvgIpc) is 2.32. The minimum absolute atomic E-state index is 0.368. The first-order chi connectivity index (χ1) is 8.50. The molecule has 0 bridgehead atoms. The van der Waals surface area contributed by atoms with Gasteiger partial charge in [-0.1, -0.05) is 35.9 Å². The molecular formula is C14H12ClFIN. The van der Waals surface area contributed by atoms with Gasteiger partial charge in [0.25, 0.3) is 0 Å². The number of aryl methyl sites for hydroxylation is 1. The molecule has 0 amide bonds. The van der Waals surface area contributed by atoms with Crippen LogP contribution < -0.4 is 5.73 Å². The lowest BCUT2D eigenvalue weighted by Gasteiger charge is -2.16. The zero-order valence-corrected chi connectivity index (χ0v) is 12.7. The highest BCUT2D eigenvalue weighted by Crippen LogP contribution is 2.28. The normalized spacial score (nSPS) is 12.5. The van der Waals surface area contributed by atoms with Crippen molar-refractivity contribution in [3.63, 3.8) is 0 Å². The van der Waals surface area contributed by atoms with Crippen LogP contribution in [0.1, 0.15) is 22.7 Å². The van der Waals surface area contributed by atoms with Crippen molar-refractivity contribution in [3.8, 4) is 0 Å². The Morgan fingerprint density at radius 2 is 1.94 bits per heavy atom. The Hall–Kier alpha value is -0.650. The van der Waals surface area contributed by atoms with Gasteiger partial charge in [0, 0.05) is 14.2 Å². The standard InChI is InChI=1S/C14H12ClFIN/c1-8-3-2-4-11(13(8)17)14(18)10-6-5-9(15)7-12(10)16/h2-7,14H,18H2,1H3. The lowest BCUT2D eigenvalue weighted by atomic mass is 9.98. The fourth-order valence-electron chi connectivity index (χ4n) is 1.83. The second kappa shape index (κ2) is 5.55. The molecule has 0 spiro atoms. The summed E-state index contributed by atoms with van der Waals surface area (Å²) in [6.07, 6.45) is 0. The number of hydrogen-bond acceptors (Lipinski definition) is 1. The van der Waals surface area contributed by atoms with E-state index in [1.165, 1.54) is 6.07 Å². The molecule has 2 rings (SSSR count). The third-order valence-corrected chi connectivity index (χ3v) is 4.56. The summed E-state index contributed by atoms with van der Waals surface area (Å²) in [6, 6.07) is 9.97. The molecule has 2 aromatic rings. The van der Waals surface area contributed by atoms with Gasteiger partial charge in [-0.05, 0) is 52.8 Å². The Labute approximate surface area is 124 Å². The van der Waals surface area contributed by atoms with Crippen LogP contribution in [-0.4, -0.2) is 0 Å². The smallest absolute Gasteiger partial charge is 0.129 e. The van der Waals surface area contributed by atoms with E-state index in [2.05, 4.69) is 22.6 Å². The predicted octanol–water partition coefficient (Wildman–Crippen LogP) is 4.44. The van der Waals surface area contributed by atoms with Gasteiger partial charge in [-0.15, -0.1) is 0 Å². The van der Waals surface area contributed by atoms with Gasteiger partial charge >= 0.3 is 0 Å². The molecule has 1 atom stereocenters. The highest BCUT2D eigenvalue weighted by Gasteiger charge is 2.16. The molecule has 2 aromatic carbocycles. The number of hydrogen-bond donors (Lipinski definition) is 1. The van der Waals surface area contributed by atoms with Gasteiger partial charge in [0.15, 0.2) is 0 Å². The number of benzene rings is 2. The summed E-state index contributed by atoms with van der Waals surface area (Å²) >= 11 is 7.98. The van der Waals surface area contributed by atoms with Gasteiger partial charge in [-0.3, -0.25) is 0 Å². The van der Waals surface area contributed by atoms with Gasteiger partial charge in [0.2, 0.25) is 0 Å². The second-order valence-electron chi connectivity index (χ2n) is 4.12. The summed E-state index contributed by atoms with van der Waals surface area (Å²) in [5, 5.41) is 0.377. The third-order valence-electron chi connectivity index (χ3n) is 2.85. The van der Waals surface area contributed by atoms with Gasteiger partial charge in [-0.2, -0.15) is 0 Å². The molecule has 0 fully saturated rings. The molecule has 0 heterocycles. The summed E-state index contributed by atoms with van der Waals surface area (Å²) < 4.78 is 14.9. The van der Waals surface area contributed by atoms with Crippen molar-refractivity contribution in [2.75, 3.05) is 0 Å². The van der Waals surface area contributed by atoms with E-state index in [-0.39, 0.29) is 5.82 Å². The van der Waals surface area contributed by atoms with Crippen molar-refractivity contribution in [2.45, 2.75) is 13.0 Å². The zero-order chi connectivity index (χ0) is 13.3. The van der Waals surface area contributed by atoms with E-state index in [1.54, 1.807) is 12.1 Å². The Balaban J connectivity index is 2.48. The Kier molecular flexibility index (Phi) is 4.25. The first kappa shape index (κ1) is 13.8. The number of halogens is 3. The molecule has 0 saturated carbocycles. The van der Waals surface area contributed by atoms with E-state index >= 15 is 0 Å². The van der Waals surface area contributed by atoms with Crippen LogP contribution in [0.4, 0.5) is 4.39 Å². The van der Waals surface area contributed by atoms with Gasteiger partial charge in [-0.25, -0.2) is 4.39 Å². The second-order valence-corrected chi connectivity index (χ2v) is 5.64. The lowest BCUT2D eigenvalue weighted by molar-refractivity contribution is 0.599. The van der Waals surface area contributed by atoms with Crippen molar-refractivity contribution in [1.29, 1.82) is 0 Å². The summed E-state index contributed by atoms with van der Waals surface area (Å²) in [6.45, 7) is 2.01. The third kappa shape index (κ3) is 2.68. The van der Waals surface area contributed by atoms with Crippen molar-refractivity contribution in [2.24, 2.45) is 5.73 Å². The molecular weight excluding hydrogens is 364 g/mol. The zero-order valence-electron chi connectivity index (χ0n) is 9.75. The molecule has 0 aromatic heterocycles. The maximum atomic E-state index is 13.9. The molecule has 0 aliphatic rings. The van der Waals surface area contributed by atoms with Crippen LogP contribution in [0.25, 0.3) is 0 Å². The average molecular weight is 376 g/mol. The van der Waals surface area contributed by atoms with E-state index in [4.69, 9.17) is 17.3 Å². The van der Waals surface area contributed by atoms with Crippen molar-refractivity contribution >= 4 is 34.2 Å². The maximum Gasteiger partial charge on any atom is 0.129 e. The molecule has 1 nitrogen and oxygen atoms in total. The van der Waals surface area contributed by atoms with Crippen LogP contribution in [0, 0.1) is 16.3 Å². The van der Waals surface area contributed by atoms with Crippen LogP contribution >= 0.6 is 34.2 Å². The van der Waals surface area contributed by atoms with Crippen LogP contribution in [-0.2, 0) is 0 Å². The summed E-state index contributed by atoms with van der Waals surface area (Å²) in [7, 11) is 0. The molecule has 1 unspecified atom stereocenters. The summed E-state index contributed by atoms with van der Waals surface area (Å²) in [5.41, 5.74) is 8.67. The molecule has 0 aliphatic heterocycles. The SMILES string of the molecule is Cc1cccc(C(N)c2ccc(Cl)cc2F)c1I. The first-order valence-corrected chi connectivity index (χ1v) is 6.92. The highest BCUT2D eigenvalue weighted by atomic mass is 127. The molecule has 18 heavy (non-hydrogen) atoms. The molecule has 94 valence electrons. The minimum atomic E-state index is -0.478. The van der Waals surface area contributed by atoms with Gasteiger partial charge in [0.1, 0.15) is 5.82 Å². The monoisotopic (exact) mass is 375 g/mol. The Bertz CT molecular complexity index is 586. The van der Waals surface area contributed by atoms with Crippen LogP contribution in [0.3, 0.4) is 0 Å². The van der Waals surface area contributed by atoms with Crippen molar-refractivity contribution < 1.29 is 4.39 Å². The lowest BCUT2D eigenvalue weighted by Crippen LogP contribution is -2.15. The van der Waals surface area contributed by atoms with E-state index in [0.717, 1.165) is 14.7 Å². The molecule has 2 N–H and O–H groups in total. The Morgan fingerprint density at radius 3 is 2.61 bits per heavy atom. The van der Waals surface area contributed by atoms with Crippen molar-refractivity contribution in [1.82, 2.24) is 0 Å². The minimum Gasteiger partial charge on any atom is -0.320 e. The maximum absolute atomic E-state index is 13.9. The molecule has 0 aliphatic carbocycles. The van der Waals surface area contributed by atoms with E-state index in [0.29, 0.717) is 10.6 Å². The fourth-order valence-corrected chi connectivity index (χ4v) is 2.69. The number of rotatable bonds is 2. The topological polar surface area (TPSA) is 26.0 Å². The predicted molar refractivity (Wildman–Crippen MR) is 81.3 cm³/mol. The highest BCUT2D eigenvalue weighted by molar-refractivity contribution is 14.1. The van der Waals surface area contributed by atoms with E-state index in [9.17, 15) is 4.39 Å². The summed E-state index contributed by atoms with van der Waals surface area (Å²) in [5.74, 6) is -0.368. The first-order valence-electron chi connectivity index (χ1n) is 5.46. The summed E-state index contributed by atoms with van der Waals surface area (Å²) in [4.78, 5) is 0. The molecule has 4 heteroatoms.